The Kier molecular flexibility index (Phi) is 9.87. The summed E-state index contributed by atoms with van der Waals surface area (Å²) in [7, 11) is 0. The number of nitrogens with zero attached hydrogens (tertiary/aromatic N) is 6. The average Bonchev–Trinajstić information content (AvgIpc) is 3.66. The monoisotopic (exact) mass is 603 g/mol. The van der Waals surface area contributed by atoms with Crippen molar-refractivity contribution in [2.75, 3.05) is 0 Å². The third-order valence-electron chi connectivity index (χ3n) is 6.82. The maximum absolute atomic E-state index is 12.9. The smallest absolute Gasteiger partial charge is 0.338 e. The third kappa shape index (κ3) is 7.49. The molecule has 0 aliphatic carbocycles. The van der Waals surface area contributed by atoms with Crippen LogP contribution in [0.15, 0.2) is 72.8 Å². The van der Waals surface area contributed by atoms with E-state index in [9.17, 15) is 4.79 Å². The summed E-state index contributed by atoms with van der Waals surface area (Å²) in [4.78, 5) is 22.1. The van der Waals surface area contributed by atoms with Gasteiger partial charge in [0.15, 0.2) is 5.15 Å². The van der Waals surface area contributed by atoms with Gasteiger partial charge in [-0.2, -0.15) is 5.21 Å². The van der Waals surface area contributed by atoms with Crippen LogP contribution in [0.1, 0.15) is 52.8 Å². The fourth-order valence-corrected chi connectivity index (χ4v) is 4.92. The van der Waals surface area contributed by atoms with Gasteiger partial charge in [0.25, 0.3) is 0 Å². The number of carbonyl (C=O) groups is 1. The number of rotatable bonds is 13. The summed E-state index contributed by atoms with van der Waals surface area (Å²) in [5.74, 6) is 0.783. The molecule has 0 bridgehead atoms. The second-order valence-electron chi connectivity index (χ2n) is 9.74. The second kappa shape index (κ2) is 14.1. The van der Waals surface area contributed by atoms with Crippen LogP contribution in [0.25, 0.3) is 22.5 Å². The molecule has 0 amide bonds. The van der Waals surface area contributed by atoms with E-state index in [2.05, 4.69) is 37.4 Å². The highest BCUT2D eigenvalue weighted by Gasteiger charge is 2.19. The predicted molar refractivity (Wildman–Crippen MR) is 156 cm³/mol. The van der Waals surface area contributed by atoms with Crippen LogP contribution in [0, 0.1) is 0 Å². The van der Waals surface area contributed by atoms with Crippen LogP contribution < -0.4 is 0 Å². The number of aryl methyl sites for hydroxylation is 1. The number of aromatic nitrogens is 6. The Morgan fingerprint density at radius 3 is 2.51 bits per heavy atom. The highest BCUT2D eigenvalue weighted by molar-refractivity contribution is 6.30. The lowest BCUT2D eigenvalue weighted by atomic mass is 9.98. The maximum atomic E-state index is 12.9. The Bertz CT molecular complexity index is 1660. The topological polar surface area (TPSA) is 152 Å². The number of unbranched alkanes of at least 4 members (excludes halogenated alkanes) is 1. The van der Waals surface area contributed by atoms with Gasteiger partial charge in [-0.15, -0.1) is 10.2 Å². The molecule has 2 heterocycles. The molecule has 0 saturated heterocycles. The van der Waals surface area contributed by atoms with E-state index in [4.69, 9.17) is 26.8 Å². The van der Waals surface area contributed by atoms with E-state index in [1.54, 1.807) is 24.3 Å². The van der Waals surface area contributed by atoms with Crippen molar-refractivity contribution in [3.8, 4) is 22.5 Å². The van der Waals surface area contributed by atoms with Crippen LogP contribution in [0.5, 0.6) is 0 Å². The number of halogens is 1. The Balaban J connectivity index is 1.35. The Morgan fingerprint density at radius 2 is 1.79 bits per heavy atom. The van der Waals surface area contributed by atoms with E-state index in [1.807, 2.05) is 53.1 Å². The lowest BCUT2D eigenvalue weighted by Crippen LogP contribution is -2.14. The number of carbonyl (C=O) groups excluding carboxylic acids is 1. The van der Waals surface area contributed by atoms with Gasteiger partial charge >= 0.3 is 5.97 Å². The SMILES string of the molecule is CCCCc1nc(Cl)c(COC(=O)c2cccc(CON(O)O)c2)n1Cc1ccc(-c2ccccc2-c2nn[nH]n2)cc1. The van der Waals surface area contributed by atoms with Crippen molar-refractivity contribution in [2.24, 2.45) is 0 Å². The molecule has 0 unspecified atom stereocenters. The van der Waals surface area contributed by atoms with Gasteiger partial charge in [-0.1, -0.05) is 85.6 Å². The van der Waals surface area contributed by atoms with Crippen LogP contribution in [-0.2, 0) is 35.8 Å². The van der Waals surface area contributed by atoms with Crippen molar-refractivity contribution in [1.82, 2.24) is 35.6 Å². The average molecular weight is 604 g/mol. The zero-order valence-electron chi connectivity index (χ0n) is 23.4. The molecule has 12 nitrogen and oxygen atoms in total. The first-order valence-electron chi connectivity index (χ1n) is 13.7. The van der Waals surface area contributed by atoms with Crippen molar-refractivity contribution in [1.29, 1.82) is 0 Å². The van der Waals surface area contributed by atoms with Crippen LogP contribution >= 0.6 is 11.6 Å². The standard InChI is InChI=1S/C30H30ClN7O5/c1-2-3-11-27-32-28(31)26(19-42-30(39)23-8-6-7-21(16-23)18-43-38(40)41)37(27)17-20-12-14-22(15-13-20)24-9-4-5-10-25(24)29-33-35-36-34-29/h4-10,12-16,40-41H,2-3,11,17-19H2,1H3,(H,33,34,35,36). The van der Waals surface area contributed by atoms with Gasteiger partial charge in [0.2, 0.25) is 5.82 Å². The molecule has 0 spiro atoms. The molecule has 13 heteroatoms. The summed E-state index contributed by atoms with van der Waals surface area (Å²) >= 11 is 6.58. The van der Waals surface area contributed by atoms with Gasteiger partial charge in [0.1, 0.15) is 12.4 Å². The van der Waals surface area contributed by atoms with Crippen LogP contribution in [0.2, 0.25) is 5.15 Å². The second-order valence-corrected chi connectivity index (χ2v) is 10.1. The summed E-state index contributed by atoms with van der Waals surface area (Å²) in [5.41, 5.74) is 5.32. The summed E-state index contributed by atoms with van der Waals surface area (Å²) in [6.07, 6.45) is 2.66. The van der Waals surface area contributed by atoms with Crippen molar-refractivity contribution in [2.45, 2.75) is 45.9 Å². The van der Waals surface area contributed by atoms with Gasteiger partial charge in [0, 0.05) is 18.5 Å². The number of hydrogen-bond acceptors (Lipinski definition) is 10. The molecule has 3 aromatic carbocycles. The molecule has 0 atom stereocenters. The first-order chi connectivity index (χ1) is 20.9. The number of hydrogen-bond donors (Lipinski definition) is 3. The molecule has 0 saturated carbocycles. The zero-order valence-corrected chi connectivity index (χ0v) is 24.1. The van der Waals surface area contributed by atoms with E-state index in [0.29, 0.717) is 23.6 Å². The number of H-pyrrole nitrogens is 1. The molecular weight excluding hydrogens is 574 g/mol. The minimum Gasteiger partial charge on any atom is -0.456 e. The summed E-state index contributed by atoms with van der Waals surface area (Å²) in [6.45, 7) is 2.38. The fourth-order valence-electron chi connectivity index (χ4n) is 4.67. The lowest BCUT2D eigenvalue weighted by Gasteiger charge is -2.14. The molecule has 0 fully saturated rings. The molecule has 222 valence electrons. The number of nitrogens with one attached hydrogen (secondary N) is 1. The number of imidazole rings is 1. The Hall–Kier alpha value is -4.46. The minimum atomic E-state index is -0.560. The first kappa shape index (κ1) is 30.0. The van der Waals surface area contributed by atoms with E-state index < -0.39 is 5.97 Å². The van der Waals surface area contributed by atoms with Crippen LogP contribution in [0.3, 0.4) is 0 Å². The molecule has 43 heavy (non-hydrogen) atoms. The van der Waals surface area contributed by atoms with Gasteiger partial charge in [-0.3, -0.25) is 10.4 Å². The minimum absolute atomic E-state index is 0.0747. The van der Waals surface area contributed by atoms with E-state index in [0.717, 1.165) is 47.3 Å². The van der Waals surface area contributed by atoms with Crippen molar-refractivity contribution < 1.29 is 24.8 Å². The predicted octanol–water partition coefficient (Wildman–Crippen LogP) is 5.64. The highest BCUT2D eigenvalue weighted by atomic mass is 35.5. The molecule has 2 aromatic heterocycles. The largest absolute Gasteiger partial charge is 0.456 e. The van der Waals surface area contributed by atoms with E-state index in [1.165, 1.54) is 0 Å². The quantitative estimate of drug-likeness (QED) is 0.114. The lowest BCUT2D eigenvalue weighted by molar-refractivity contribution is -0.497. The van der Waals surface area contributed by atoms with Crippen LogP contribution in [0.4, 0.5) is 0 Å². The van der Waals surface area contributed by atoms with Crippen LogP contribution in [-0.4, -0.2) is 51.9 Å². The summed E-state index contributed by atoms with van der Waals surface area (Å²) in [6, 6.07) is 22.5. The fraction of sp³-hybridized carbons (Fsp3) is 0.233. The molecule has 0 aliphatic heterocycles. The number of ether oxygens (including phenoxy) is 1. The summed E-state index contributed by atoms with van der Waals surface area (Å²) < 4.78 is 7.65. The molecule has 0 radical (unpaired) electrons. The van der Waals surface area contributed by atoms with Gasteiger partial charge < -0.3 is 9.30 Å². The van der Waals surface area contributed by atoms with Gasteiger partial charge in [0.05, 0.1) is 23.3 Å². The zero-order chi connectivity index (χ0) is 30.2. The number of esters is 1. The van der Waals surface area contributed by atoms with E-state index in [-0.39, 0.29) is 29.3 Å². The normalized spacial score (nSPS) is 11.3. The number of aromatic amines is 1. The Morgan fingerprint density at radius 1 is 1.00 bits per heavy atom. The van der Waals surface area contributed by atoms with Crippen molar-refractivity contribution in [3.05, 3.63) is 106 Å². The summed E-state index contributed by atoms with van der Waals surface area (Å²) in [5, 5.41) is 31.9. The molecule has 3 N–H and O–H groups in total. The third-order valence-corrected chi connectivity index (χ3v) is 7.13. The number of tetrazole rings is 1. The van der Waals surface area contributed by atoms with Crippen molar-refractivity contribution in [3.63, 3.8) is 0 Å². The maximum Gasteiger partial charge on any atom is 0.338 e. The van der Waals surface area contributed by atoms with Crippen molar-refractivity contribution >= 4 is 17.6 Å². The molecule has 5 aromatic rings. The number of benzene rings is 3. The van der Waals surface area contributed by atoms with Gasteiger partial charge in [-0.25, -0.2) is 14.6 Å². The molecular formula is C30H30ClN7O5. The molecule has 0 aliphatic rings. The molecule has 5 rings (SSSR count). The Labute approximate surface area is 252 Å². The van der Waals surface area contributed by atoms with Gasteiger partial charge in [-0.05, 0) is 46.0 Å². The highest BCUT2D eigenvalue weighted by Crippen LogP contribution is 2.30. The first-order valence-corrected chi connectivity index (χ1v) is 14.0. The van der Waals surface area contributed by atoms with E-state index >= 15 is 0 Å².